The standard InChI is InChI=1S/C9H12ClNO/c10-5-6-11-7-8-1-3-9(12)4-2-8/h1-4,11-12H,5-7H2. The van der Waals surface area contributed by atoms with Gasteiger partial charge in [0.1, 0.15) is 5.75 Å². The number of halogens is 1. The molecule has 12 heavy (non-hydrogen) atoms. The van der Waals surface area contributed by atoms with Crippen molar-refractivity contribution in [3.63, 3.8) is 0 Å². The molecule has 1 rings (SSSR count). The van der Waals surface area contributed by atoms with Crippen molar-refractivity contribution in [2.45, 2.75) is 6.54 Å². The van der Waals surface area contributed by atoms with E-state index in [9.17, 15) is 0 Å². The molecular formula is C9H12ClNO. The average molecular weight is 186 g/mol. The van der Waals surface area contributed by atoms with Gasteiger partial charge in [0.25, 0.3) is 0 Å². The first-order valence-electron chi connectivity index (χ1n) is 3.87. The lowest BCUT2D eigenvalue weighted by Gasteiger charge is -2.01. The lowest BCUT2D eigenvalue weighted by atomic mass is 10.2. The summed E-state index contributed by atoms with van der Waals surface area (Å²) in [6.07, 6.45) is 0. The third-order valence-corrected chi connectivity index (χ3v) is 1.73. The highest BCUT2D eigenvalue weighted by molar-refractivity contribution is 6.18. The number of hydrogen-bond donors (Lipinski definition) is 2. The summed E-state index contributed by atoms with van der Waals surface area (Å²) in [6.45, 7) is 1.61. The lowest BCUT2D eigenvalue weighted by Crippen LogP contribution is -2.15. The molecule has 0 aliphatic heterocycles. The molecule has 0 radical (unpaired) electrons. The second-order valence-electron chi connectivity index (χ2n) is 2.53. The van der Waals surface area contributed by atoms with Crippen LogP contribution in [-0.4, -0.2) is 17.5 Å². The van der Waals surface area contributed by atoms with E-state index in [1.54, 1.807) is 12.1 Å². The monoisotopic (exact) mass is 185 g/mol. The first-order valence-corrected chi connectivity index (χ1v) is 4.41. The Kier molecular flexibility index (Phi) is 3.91. The number of rotatable bonds is 4. The van der Waals surface area contributed by atoms with Crippen LogP contribution in [0.15, 0.2) is 24.3 Å². The fraction of sp³-hybridized carbons (Fsp3) is 0.333. The van der Waals surface area contributed by atoms with Crippen molar-refractivity contribution in [3.8, 4) is 5.75 Å². The molecule has 1 aromatic carbocycles. The number of nitrogens with one attached hydrogen (secondary N) is 1. The molecule has 0 aliphatic carbocycles. The van der Waals surface area contributed by atoms with Crippen LogP contribution in [0.1, 0.15) is 5.56 Å². The smallest absolute Gasteiger partial charge is 0.115 e. The Morgan fingerprint density at radius 2 is 1.92 bits per heavy atom. The molecule has 0 spiro atoms. The molecule has 0 fully saturated rings. The predicted molar refractivity (Wildman–Crippen MR) is 50.5 cm³/mol. The molecule has 2 N–H and O–H groups in total. The van der Waals surface area contributed by atoms with Crippen molar-refractivity contribution in [1.82, 2.24) is 5.32 Å². The number of phenolic OH excluding ortho intramolecular Hbond substituents is 1. The number of phenols is 1. The van der Waals surface area contributed by atoms with Crippen molar-refractivity contribution in [2.75, 3.05) is 12.4 Å². The van der Waals surface area contributed by atoms with Crippen LogP contribution in [0.2, 0.25) is 0 Å². The van der Waals surface area contributed by atoms with Crippen LogP contribution in [0.4, 0.5) is 0 Å². The molecule has 0 aliphatic rings. The Labute approximate surface area is 77.2 Å². The van der Waals surface area contributed by atoms with E-state index in [4.69, 9.17) is 16.7 Å². The Morgan fingerprint density at radius 3 is 2.50 bits per heavy atom. The van der Waals surface area contributed by atoms with Gasteiger partial charge in [-0.2, -0.15) is 0 Å². The van der Waals surface area contributed by atoms with Crippen LogP contribution in [0.3, 0.4) is 0 Å². The number of hydrogen-bond acceptors (Lipinski definition) is 2. The molecule has 0 amide bonds. The molecule has 0 saturated carbocycles. The van der Waals surface area contributed by atoms with E-state index < -0.39 is 0 Å². The molecule has 1 aromatic rings. The second kappa shape index (κ2) is 5.01. The molecule has 0 unspecified atom stereocenters. The Balaban J connectivity index is 2.37. The van der Waals surface area contributed by atoms with E-state index in [-0.39, 0.29) is 0 Å². The molecule has 0 aromatic heterocycles. The topological polar surface area (TPSA) is 32.3 Å². The highest BCUT2D eigenvalue weighted by atomic mass is 35.5. The van der Waals surface area contributed by atoms with Gasteiger partial charge in [0, 0.05) is 19.0 Å². The SMILES string of the molecule is Oc1ccc(CNCCCl)cc1. The van der Waals surface area contributed by atoms with Crippen LogP contribution in [0.5, 0.6) is 5.75 Å². The minimum absolute atomic E-state index is 0.302. The van der Waals surface area contributed by atoms with Gasteiger partial charge in [-0.1, -0.05) is 12.1 Å². The predicted octanol–water partition coefficient (Wildman–Crippen LogP) is 1.72. The summed E-state index contributed by atoms with van der Waals surface area (Å²) in [6, 6.07) is 7.13. The van der Waals surface area contributed by atoms with Gasteiger partial charge in [0.2, 0.25) is 0 Å². The number of aromatic hydroxyl groups is 1. The van der Waals surface area contributed by atoms with Gasteiger partial charge in [-0.05, 0) is 17.7 Å². The lowest BCUT2D eigenvalue weighted by molar-refractivity contribution is 0.475. The summed E-state index contributed by atoms with van der Waals surface area (Å²) in [5, 5.41) is 12.1. The highest BCUT2D eigenvalue weighted by Gasteiger charge is 1.91. The zero-order chi connectivity index (χ0) is 8.81. The van der Waals surface area contributed by atoms with Crippen molar-refractivity contribution in [2.24, 2.45) is 0 Å². The summed E-state index contributed by atoms with van der Waals surface area (Å²) < 4.78 is 0. The average Bonchev–Trinajstić information content (AvgIpc) is 2.09. The maximum absolute atomic E-state index is 8.99. The largest absolute Gasteiger partial charge is 0.508 e. The van der Waals surface area contributed by atoms with Crippen molar-refractivity contribution in [1.29, 1.82) is 0 Å². The highest BCUT2D eigenvalue weighted by Crippen LogP contribution is 2.08. The summed E-state index contributed by atoms with van der Waals surface area (Å²) in [5.41, 5.74) is 1.15. The first kappa shape index (κ1) is 9.36. The van der Waals surface area contributed by atoms with Gasteiger partial charge in [-0.25, -0.2) is 0 Å². The van der Waals surface area contributed by atoms with Crippen LogP contribution < -0.4 is 5.32 Å². The van der Waals surface area contributed by atoms with Crippen LogP contribution >= 0.6 is 11.6 Å². The van der Waals surface area contributed by atoms with Crippen molar-refractivity contribution >= 4 is 11.6 Å². The maximum atomic E-state index is 8.99. The van der Waals surface area contributed by atoms with Crippen molar-refractivity contribution in [3.05, 3.63) is 29.8 Å². The Morgan fingerprint density at radius 1 is 1.25 bits per heavy atom. The van der Waals surface area contributed by atoms with Crippen molar-refractivity contribution < 1.29 is 5.11 Å². The summed E-state index contributed by atoms with van der Waals surface area (Å²) in [7, 11) is 0. The van der Waals surface area contributed by atoms with E-state index in [1.165, 1.54) is 0 Å². The molecule has 0 saturated heterocycles. The molecular weight excluding hydrogens is 174 g/mol. The molecule has 0 atom stereocenters. The van der Waals surface area contributed by atoms with Gasteiger partial charge >= 0.3 is 0 Å². The fourth-order valence-corrected chi connectivity index (χ4v) is 1.05. The molecule has 0 bridgehead atoms. The minimum Gasteiger partial charge on any atom is -0.508 e. The second-order valence-corrected chi connectivity index (χ2v) is 2.91. The van der Waals surface area contributed by atoms with Gasteiger partial charge in [-0.15, -0.1) is 11.6 Å². The number of alkyl halides is 1. The zero-order valence-electron chi connectivity index (χ0n) is 6.76. The molecule has 2 nitrogen and oxygen atoms in total. The molecule has 3 heteroatoms. The van der Waals surface area contributed by atoms with Gasteiger partial charge in [0.05, 0.1) is 0 Å². The molecule has 66 valence electrons. The third kappa shape index (κ3) is 3.11. The zero-order valence-corrected chi connectivity index (χ0v) is 7.51. The Bertz CT molecular complexity index is 222. The van der Waals surface area contributed by atoms with Gasteiger partial charge < -0.3 is 10.4 Å². The van der Waals surface area contributed by atoms with E-state index >= 15 is 0 Å². The maximum Gasteiger partial charge on any atom is 0.115 e. The fourth-order valence-electron chi connectivity index (χ4n) is 0.913. The minimum atomic E-state index is 0.302. The summed E-state index contributed by atoms with van der Waals surface area (Å²) in [4.78, 5) is 0. The van der Waals surface area contributed by atoms with Crippen LogP contribution in [-0.2, 0) is 6.54 Å². The quantitative estimate of drug-likeness (QED) is 0.553. The normalized spacial score (nSPS) is 10.1. The van der Waals surface area contributed by atoms with E-state index in [0.29, 0.717) is 11.6 Å². The summed E-state index contributed by atoms with van der Waals surface area (Å²) in [5.74, 6) is 0.925. The van der Waals surface area contributed by atoms with E-state index in [1.807, 2.05) is 12.1 Å². The van der Waals surface area contributed by atoms with Gasteiger partial charge in [-0.3, -0.25) is 0 Å². The van der Waals surface area contributed by atoms with E-state index in [0.717, 1.165) is 18.7 Å². The van der Waals surface area contributed by atoms with Gasteiger partial charge in [0.15, 0.2) is 0 Å². The summed E-state index contributed by atoms with van der Waals surface area (Å²) >= 11 is 5.49. The van der Waals surface area contributed by atoms with E-state index in [2.05, 4.69) is 5.32 Å². The Hall–Kier alpha value is -0.730. The molecule has 0 heterocycles. The van der Waals surface area contributed by atoms with Crippen LogP contribution in [0, 0.1) is 0 Å². The van der Waals surface area contributed by atoms with Crippen LogP contribution in [0.25, 0.3) is 0 Å². The third-order valence-electron chi connectivity index (χ3n) is 1.54. The number of benzene rings is 1. The first-order chi connectivity index (χ1) is 5.83.